The first-order valence-electron chi connectivity index (χ1n) is 4.90. The second-order valence-corrected chi connectivity index (χ2v) is 5.62. The Kier molecular flexibility index (Phi) is 4.56. The molecule has 0 spiro atoms. The predicted octanol–water partition coefficient (Wildman–Crippen LogP) is -0.685. The first-order valence-corrected chi connectivity index (χ1v) is 6.75. The molecule has 1 N–H and O–H groups in total. The molecule has 1 amide bonds. The zero-order valence-corrected chi connectivity index (χ0v) is 11.1. The molecule has 1 heterocycles. The third kappa shape index (κ3) is 4.26. The van der Waals surface area contributed by atoms with E-state index in [9.17, 15) is 13.2 Å². The van der Waals surface area contributed by atoms with Gasteiger partial charge in [0.15, 0.2) is 0 Å². The van der Waals surface area contributed by atoms with Crippen LogP contribution in [0.3, 0.4) is 0 Å². The summed E-state index contributed by atoms with van der Waals surface area (Å²) < 4.78 is 27.9. The number of aromatic nitrogens is 2. The molecule has 0 bridgehead atoms. The van der Waals surface area contributed by atoms with Crippen molar-refractivity contribution < 1.29 is 17.9 Å². The number of nitrogens with one attached hydrogen (secondary N) is 1. The van der Waals surface area contributed by atoms with E-state index in [1.807, 2.05) is 0 Å². The number of methoxy groups -OCH3 is 1. The molecule has 0 aliphatic heterocycles. The standard InChI is InChI=1S/C9H14N4O4S/c1-13(18(3,15)16)6-8(14)12-7-4-10-9(17-2)11-5-7/h4-5H,6H2,1-3H3,(H,12,14). The first kappa shape index (κ1) is 14.3. The van der Waals surface area contributed by atoms with Crippen molar-refractivity contribution in [1.82, 2.24) is 14.3 Å². The Hall–Kier alpha value is -1.74. The van der Waals surface area contributed by atoms with Crippen molar-refractivity contribution in [2.75, 3.05) is 32.3 Å². The Labute approximate surface area is 105 Å². The molecule has 1 aromatic heterocycles. The molecule has 0 atom stereocenters. The number of amides is 1. The maximum Gasteiger partial charge on any atom is 0.316 e. The molecule has 0 aliphatic carbocycles. The summed E-state index contributed by atoms with van der Waals surface area (Å²) in [5.41, 5.74) is 0.364. The van der Waals surface area contributed by atoms with Crippen LogP contribution in [-0.2, 0) is 14.8 Å². The van der Waals surface area contributed by atoms with Crippen LogP contribution in [-0.4, -0.2) is 55.6 Å². The predicted molar refractivity (Wildman–Crippen MR) is 64.7 cm³/mol. The van der Waals surface area contributed by atoms with Crippen LogP contribution in [0.15, 0.2) is 12.4 Å². The van der Waals surface area contributed by atoms with E-state index >= 15 is 0 Å². The minimum absolute atomic E-state index is 0.182. The van der Waals surface area contributed by atoms with Crippen molar-refractivity contribution in [3.8, 4) is 6.01 Å². The summed E-state index contributed by atoms with van der Waals surface area (Å²) in [5, 5.41) is 2.47. The Balaban J connectivity index is 2.59. The zero-order valence-electron chi connectivity index (χ0n) is 10.2. The van der Waals surface area contributed by atoms with Crippen LogP contribution in [0.25, 0.3) is 0 Å². The Bertz CT molecular complexity index is 514. The fourth-order valence-corrected chi connectivity index (χ4v) is 1.36. The van der Waals surface area contributed by atoms with E-state index in [1.165, 1.54) is 26.6 Å². The number of anilines is 1. The van der Waals surface area contributed by atoms with Gasteiger partial charge in [-0.05, 0) is 0 Å². The van der Waals surface area contributed by atoms with Crippen molar-refractivity contribution in [2.24, 2.45) is 0 Å². The normalized spacial score (nSPS) is 11.3. The van der Waals surface area contributed by atoms with Gasteiger partial charge in [-0.1, -0.05) is 0 Å². The lowest BCUT2D eigenvalue weighted by Crippen LogP contribution is -2.34. The molecule has 9 heteroatoms. The van der Waals surface area contributed by atoms with Gasteiger partial charge in [-0.25, -0.2) is 18.4 Å². The largest absolute Gasteiger partial charge is 0.467 e. The number of hydrogen-bond acceptors (Lipinski definition) is 6. The topological polar surface area (TPSA) is 101 Å². The van der Waals surface area contributed by atoms with Crippen LogP contribution in [0.5, 0.6) is 6.01 Å². The highest BCUT2D eigenvalue weighted by atomic mass is 32.2. The van der Waals surface area contributed by atoms with Gasteiger partial charge in [0.05, 0.1) is 38.0 Å². The van der Waals surface area contributed by atoms with Crippen LogP contribution in [0, 0.1) is 0 Å². The maximum absolute atomic E-state index is 11.5. The van der Waals surface area contributed by atoms with Gasteiger partial charge in [0.25, 0.3) is 0 Å². The summed E-state index contributed by atoms with van der Waals surface area (Å²) in [7, 11) is -0.635. The lowest BCUT2D eigenvalue weighted by Gasteiger charge is -2.13. The summed E-state index contributed by atoms with van der Waals surface area (Å²) in [5.74, 6) is -0.475. The maximum atomic E-state index is 11.5. The summed E-state index contributed by atoms with van der Waals surface area (Å²) in [4.78, 5) is 19.1. The first-order chi connectivity index (χ1) is 8.32. The minimum atomic E-state index is -3.38. The highest BCUT2D eigenvalue weighted by molar-refractivity contribution is 7.88. The Morgan fingerprint density at radius 1 is 1.44 bits per heavy atom. The van der Waals surface area contributed by atoms with Gasteiger partial charge in [-0.15, -0.1) is 0 Å². The van der Waals surface area contributed by atoms with E-state index in [1.54, 1.807) is 0 Å². The van der Waals surface area contributed by atoms with Crippen molar-refractivity contribution in [1.29, 1.82) is 0 Å². The highest BCUT2D eigenvalue weighted by Gasteiger charge is 2.15. The van der Waals surface area contributed by atoms with E-state index in [4.69, 9.17) is 4.74 Å². The van der Waals surface area contributed by atoms with Crippen molar-refractivity contribution >= 4 is 21.6 Å². The fourth-order valence-electron chi connectivity index (χ4n) is 1.01. The number of nitrogens with zero attached hydrogens (tertiary/aromatic N) is 3. The van der Waals surface area contributed by atoms with Crippen LogP contribution in [0.2, 0.25) is 0 Å². The van der Waals surface area contributed by atoms with Gasteiger partial charge in [-0.3, -0.25) is 4.79 Å². The second-order valence-electron chi connectivity index (χ2n) is 3.53. The fraction of sp³-hybridized carbons (Fsp3) is 0.444. The van der Waals surface area contributed by atoms with Crippen LogP contribution in [0.4, 0.5) is 5.69 Å². The molecule has 0 saturated heterocycles. The molecule has 100 valence electrons. The van der Waals surface area contributed by atoms with Crippen LogP contribution in [0.1, 0.15) is 0 Å². The zero-order chi connectivity index (χ0) is 13.8. The van der Waals surface area contributed by atoms with Gasteiger partial charge in [0.1, 0.15) is 0 Å². The molecule has 1 aromatic rings. The number of sulfonamides is 1. The summed E-state index contributed by atoms with van der Waals surface area (Å²) in [6.07, 6.45) is 3.76. The molecule has 0 radical (unpaired) electrons. The van der Waals surface area contributed by atoms with Crippen LogP contribution >= 0.6 is 0 Å². The van der Waals surface area contributed by atoms with Crippen LogP contribution < -0.4 is 10.1 Å². The van der Waals surface area contributed by atoms with Gasteiger partial charge < -0.3 is 10.1 Å². The van der Waals surface area contributed by atoms with E-state index in [-0.39, 0.29) is 12.6 Å². The minimum Gasteiger partial charge on any atom is -0.467 e. The molecule has 0 aromatic carbocycles. The number of hydrogen-bond donors (Lipinski definition) is 1. The monoisotopic (exact) mass is 274 g/mol. The van der Waals surface area contributed by atoms with Gasteiger partial charge in [0, 0.05) is 7.05 Å². The summed E-state index contributed by atoms with van der Waals surface area (Å²) >= 11 is 0. The lowest BCUT2D eigenvalue weighted by molar-refractivity contribution is -0.116. The third-order valence-corrected chi connectivity index (χ3v) is 3.29. The Morgan fingerprint density at radius 3 is 2.44 bits per heavy atom. The highest BCUT2D eigenvalue weighted by Crippen LogP contribution is 2.06. The average molecular weight is 274 g/mol. The van der Waals surface area contributed by atoms with Gasteiger partial charge >= 0.3 is 6.01 Å². The molecule has 18 heavy (non-hydrogen) atoms. The molecule has 0 fully saturated rings. The molecular weight excluding hydrogens is 260 g/mol. The molecule has 0 saturated carbocycles. The summed E-state index contributed by atoms with van der Waals surface area (Å²) in [6, 6.07) is 0.182. The third-order valence-electron chi connectivity index (χ3n) is 2.03. The number of carbonyl (C=O) groups excluding carboxylic acids is 1. The summed E-state index contributed by atoms with van der Waals surface area (Å²) in [6.45, 7) is -0.273. The van der Waals surface area contributed by atoms with E-state index in [0.717, 1.165) is 10.6 Å². The molecule has 0 aliphatic rings. The quantitative estimate of drug-likeness (QED) is 0.763. The number of ether oxygens (including phenoxy) is 1. The second kappa shape index (κ2) is 5.74. The smallest absolute Gasteiger partial charge is 0.316 e. The molecule has 1 rings (SSSR count). The Morgan fingerprint density at radius 2 is 2.00 bits per heavy atom. The lowest BCUT2D eigenvalue weighted by atomic mass is 10.5. The number of rotatable bonds is 5. The molecule has 0 unspecified atom stereocenters. The van der Waals surface area contributed by atoms with Crippen molar-refractivity contribution in [2.45, 2.75) is 0 Å². The van der Waals surface area contributed by atoms with Gasteiger partial charge in [-0.2, -0.15) is 4.31 Å². The number of carbonyl (C=O) groups is 1. The number of likely N-dealkylation sites (N-methyl/N-ethyl adjacent to an activating group) is 1. The van der Waals surface area contributed by atoms with Crippen molar-refractivity contribution in [3.05, 3.63) is 12.4 Å². The SMILES string of the molecule is COc1ncc(NC(=O)CN(C)S(C)(=O)=O)cn1. The van der Waals surface area contributed by atoms with E-state index in [0.29, 0.717) is 5.69 Å². The van der Waals surface area contributed by atoms with Gasteiger partial charge in [0.2, 0.25) is 15.9 Å². The molecule has 8 nitrogen and oxygen atoms in total. The van der Waals surface area contributed by atoms with E-state index in [2.05, 4.69) is 15.3 Å². The average Bonchev–Trinajstić information content (AvgIpc) is 2.28. The molecular formula is C9H14N4O4S. The van der Waals surface area contributed by atoms with Crippen molar-refractivity contribution in [3.63, 3.8) is 0 Å². The van der Waals surface area contributed by atoms with E-state index < -0.39 is 15.9 Å².